The summed E-state index contributed by atoms with van der Waals surface area (Å²) in [5.74, 6) is -0.313. The van der Waals surface area contributed by atoms with Gasteiger partial charge in [-0.1, -0.05) is 18.2 Å². The minimum Gasteiger partial charge on any atom is -0.325 e. The van der Waals surface area contributed by atoms with Crippen molar-refractivity contribution in [2.24, 2.45) is 0 Å². The van der Waals surface area contributed by atoms with E-state index in [2.05, 4.69) is 5.32 Å². The topological polar surface area (TPSA) is 32.3 Å². The number of halogens is 1. The summed E-state index contributed by atoms with van der Waals surface area (Å²) >= 11 is 0. The molecule has 0 saturated heterocycles. The molecular formula is C18H21FN2O. The Morgan fingerprint density at radius 2 is 1.77 bits per heavy atom. The normalized spacial score (nSPS) is 10.8. The Labute approximate surface area is 130 Å². The molecule has 0 radical (unpaired) electrons. The maximum absolute atomic E-state index is 12.9. The molecule has 0 bridgehead atoms. The average molecular weight is 300 g/mol. The molecule has 2 rings (SSSR count). The molecule has 3 nitrogen and oxygen atoms in total. The first kappa shape index (κ1) is 16.2. The number of anilines is 1. The largest absolute Gasteiger partial charge is 0.325 e. The van der Waals surface area contributed by atoms with Crippen LogP contribution in [-0.2, 0) is 11.3 Å². The molecule has 0 heterocycles. The van der Waals surface area contributed by atoms with Crippen molar-refractivity contribution in [2.75, 3.05) is 18.9 Å². The number of carbonyl (C=O) groups excluding carboxylic acids is 1. The summed E-state index contributed by atoms with van der Waals surface area (Å²) in [7, 11) is 1.86. The number of hydrogen-bond acceptors (Lipinski definition) is 2. The number of nitrogens with zero attached hydrogens (tertiary/aromatic N) is 1. The minimum absolute atomic E-state index is 0.0622. The number of amides is 1. The minimum atomic E-state index is -0.251. The SMILES string of the molecule is Cc1ccc(NC(=O)CN(C)Cc2ccc(F)cc2)cc1C. The van der Waals surface area contributed by atoms with Crippen LogP contribution in [0.3, 0.4) is 0 Å². The van der Waals surface area contributed by atoms with Gasteiger partial charge in [0.2, 0.25) is 5.91 Å². The molecule has 0 atom stereocenters. The van der Waals surface area contributed by atoms with Gasteiger partial charge in [-0.25, -0.2) is 4.39 Å². The second-order valence-corrected chi connectivity index (χ2v) is 5.65. The van der Waals surface area contributed by atoms with E-state index >= 15 is 0 Å². The Balaban J connectivity index is 1.88. The predicted molar refractivity (Wildman–Crippen MR) is 87.3 cm³/mol. The van der Waals surface area contributed by atoms with Crippen molar-refractivity contribution in [3.63, 3.8) is 0 Å². The van der Waals surface area contributed by atoms with Crippen LogP contribution in [-0.4, -0.2) is 24.4 Å². The van der Waals surface area contributed by atoms with Crippen LogP contribution >= 0.6 is 0 Å². The Morgan fingerprint density at radius 1 is 1.09 bits per heavy atom. The van der Waals surface area contributed by atoms with Crippen molar-refractivity contribution >= 4 is 11.6 Å². The van der Waals surface area contributed by atoms with E-state index in [0.717, 1.165) is 16.8 Å². The van der Waals surface area contributed by atoms with E-state index < -0.39 is 0 Å². The second kappa shape index (κ2) is 7.18. The van der Waals surface area contributed by atoms with Crippen molar-refractivity contribution in [3.05, 3.63) is 65.0 Å². The standard InChI is InChI=1S/C18H21FN2O/c1-13-4-9-17(10-14(13)2)20-18(22)12-21(3)11-15-5-7-16(19)8-6-15/h4-10H,11-12H2,1-3H3,(H,20,22). The molecule has 0 saturated carbocycles. The molecule has 2 aromatic carbocycles. The highest BCUT2D eigenvalue weighted by Crippen LogP contribution is 2.14. The average Bonchev–Trinajstić information content (AvgIpc) is 2.45. The lowest BCUT2D eigenvalue weighted by Gasteiger charge is -2.16. The fraction of sp³-hybridized carbons (Fsp3) is 0.278. The highest BCUT2D eigenvalue weighted by Gasteiger charge is 2.08. The van der Waals surface area contributed by atoms with Crippen molar-refractivity contribution in [2.45, 2.75) is 20.4 Å². The first-order valence-corrected chi connectivity index (χ1v) is 7.24. The van der Waals surface area contributed by atoms with Crippen molar-refractivity contribution in [1.29, 1.82) is 0 Å². The Hall–Kier alpha value is -2.20. The van der Waals surface area contributed by atoms with Gasteiger partial charge in [-0.2, -0.15) is 0 Å². The number of aryl methyl sites for hydroxylation is 2. The van der Waals surface area contributed by atoms with Crippen LogP contribution in [0, 0.1) is 19.7 Å². The molecule has 0 spiro atoms. The molecule has 0 aromatic heterocycles. The number of hydrogen-bond donors (Lipinski definition) is 1. The molecule has 0 aliphatic carbocycles. The van der Waals surface area contributed by atoms with E-state index in [-0.39, 0.29) is 18.3 Å². The predicted octanol–water partition coefficient (Wildman–Crippen LogP) is 3.51. The molecule has 0 unspecified atom stereocenters. The van der Waals surface area contributed by atoms with Crippen LogP contribution < -0.4 is 5.32 Å². The van der Waals surface area contributed by atoms with Gasteiger partial charge in [0.1, 0.15) is 5.82 Å². The van der Waals surface area contributed by atoms with E-state index in [1.807, 2.05) is 44.0 Å². The lowest BCUT2D eigenvalue weighted by Crippen LogP contribution is -2.29. The third kappa shape index (κ3) is 4.67. The Morgan fingerprint density at radius 3 is 2.41 bits per heavy atom. The van der Waals surface area contributed by atoms with Gasteiger partial charge in [-0.15, -0.1) is 0 Å². The summed E-state index contributed by atoms with van der Waals surface area (Å²) in [6.45, 7) is 4.94. The number of rotatable bonds is 5. The van der Waals surface area contributed by atoms with E-state index in [9.17, 15) is 9.18 Å². The third-order valence-electron chi connectivity index (χ3n) is 3.57. The molecule has 0 aliphatic heterocycles. The Bertz CT molecular complexity index is 653. The molecule has 22 heavy (non-hydrogen) atoms. The van der Waals surface area contributed by atoms with Crippen LogP contribution in [0.25, 0.3) is 0 Å². The van der Waals surface area contributed by atoms with Gasteiger partial charge in [-0.3, -0.25) is 9.69 Å². The lowest BCUT2D eigenvalue weighted by molar-refractivity contribution is -0.117. The van der Waals surface area contributed by atoms with Gasteiger partial charge in [0.15, 0.2) is 0 Å². The first-order valence-electron chi connectivity index (χ1n) is 7.24. The van der Waals surface area contributed by atoms with Gasteiger partial charge in [0, 0.05) is 12.2 Å². The van der Waals surface area contributed by atoms with Crippen LogP contribution in [0.2, 0.25) is 0 Å². The van der Waals surface area contributed by atoms with Crippen LogP contribution in [0.15, 0.2) is 42.5 Å². The zero-order valence-electron chi connectivity index (χ0n) is 13.2. The summed E-state index contributed by atoms with van der Waals surface area (Å²) in [5.41, 5.74) is 4.13. The molecule has 0 aliphatic rings. The second-order valence-electron chi connectivity index (χ2n) is 5.65. The summed E-state index contributed by atoms with van der Waals surface area (Å²) in [6.07, 6.45) is 0. The quantitative estimate of drug-likeness (QED) is 0.916. The fourth-order valence-electron chi connectivity index (χ4n) is 2.22. The summed E-state index contributed by atoms with van der Waals surface area (Å²) in [4.78, 5) is 13.9. The lowest BCUT2D eigenvalue weighted by atomic mass is 10.1. The number of likely N-dealkylation sites (N-methyl/N-ethyl adjacent to an activating group) is 1. The van der Waals surface area contributed by atoms with Crippen LogP contribution in [0.4, 0.5) is 10.1 Å². The van der Waals surface area contributed by atoms with E-state index in [1.54, 1.807) is 12.1 Å². The number of carbonyl (C=O) groups is 1. The zero-order chi connectivity index (χ0) is 16.1. The molecule has 1 N–H and O–H groups in total. The molecule has 1 amide bonds. The van der Waals surface area contributed by atoms with Gasteiger partial charge in [0.05, 0.1) is 6.54 Å². The first-order chi connectivity index (χ1) is 10.4. The van der Waals surface area contributed by atoms with Gasteiger partial charge >= 0.3 is 0 Å². The summed E-state index contributed by atoms with van der Waals surface area (Å²) in [5, 5.41) is 2.90. The molecule has 0 fully saturated rings. The zero-order valence-corrected chi connectivity index (χ0v) is 13.2. The van der Waals surface area contributed by atoms with E-state index in [1.165, 1.54) is 17.7 Å². The number of benzene rings is 2. The van der Waals surface area contributed by atoms with Gasteiger partial charge in [-0.05, 0) is 61.9 Å². The van der Waals surface area contributed by atoms with Crippen LogP contribution in [0.5, 0.6) is 0 Å². The van der Waals surface area contributed by atoms with Crippen molar-refractivity contribution in [3.8, 4) is 0 Å². The molecule has 4 heteroatoms. The van der Waals surface area contributed by atoms with E-state index in [0.29, 0.717) is 6.54 Å². The van der Waals surface area contributed by atoms with Crippen LogP contribution in [0.1, 0.15) is 16.7 Å². The third-order valence-corrected chi connectivity index (χ3v) is 3.57. The maximum atomic E-state index is 12.9. The molecular weight excluding hydrogens is 279 g/mol. The highest BCUT2D eigenvalue weighted by molar-refractivity contribution is 5.92. The highest BCUT2D eigenvalue weighted by atomic mass is 19.1. The maximum Gasteiger partial charge on any atom is 0.238 e. The Kier molecular flexibility index (Phi) is 5.28. The smallest absolute Gasteiger partial charge is 0.238 e. The molecule has 2 aromatic rings. The van der Waals surface area contributed by atoms with E-state index in [4.69, 9.17) is 0 Å². The van der Waals surface area contributed by atoms with Gasteiger partial charge < -0.3 is 5.32 Å². The number of nitrogens with one attached hydrogen (secondary N) is 1. The monoisotopic (exact) mass is 300 g/mol. The summed E-state index contributed by atoms with van der Waals surface area (Å²) < 4.78 is 12.9. The molecule has 116 valence electrons. The van der Waals surface area contributed by atoms with Crippen molar-refractivity contribution in [1.82, 2.24) is 4.90 Å². The summed E-state index contributed by atoms with van der Waals surface area (Å²) in [6, 6.07) is 12.2. The van der Waals surface area contributed by atoms with Gasteiger partial charge in [0.25, 0.3) is 0 Å². The fourth-order valence-corrected chi connectivity index (χ4v) is 2.22. The van der Waals surface area contributed by atoms with Crippen molar-refractivity contribution < 1.29 is 9.18 Å².